The van der Waals surface area contributed by atoms with Gasteiger partial charge in [-0.25, -0.2) is 12.8 Å². The number of halogens is 1. The van der Waals surface area contributed by atoms with Gasteiger partial charge in [-0.15, -0.1) is 0 Å². The fourth-order valence-corrected chi connectivity index (χ4v) is 5.60. The summed E-state index contributed by atoms with van der Waals surface area (Å²) in [6.45, 7) is 4.32. The molecule has 7 nitrogen and oxygen atoms in total. The Labute approximate surface area is 176 Å². The number of aromatic nitrogens is 1. The molecular formula is C21H25FN4O3S. The zero-order valence-electron chi connectivity index (χ0n) is 16.9. The Morgan fingerprint density at radius 1 is 1.10 bits per heavy atom. The van der Waals surface area contributed by atoms with Crippen molar-refractivity contribution in [2.75, 3.05) is 32.7 Å². The van der Waals surface area contributed by atoms with E-state index in [4.69, 9.17) is 0 Å². The van der Waals surface area contributed by atoms with Gasteiger partial charge in [-0.1, -0.05) is 6.07 Å². The maximum absolute atomic E-state index is 13.5. The molecule has 0 saturated carbocycles. The van der Waals surface area contributed by atoms with Gasteiger partial charge in [0.05, 0.1) is 23.2 Å². The number of hydrogen-bond donors (Lipinski definition) is 0. The summed E-state index contributed by atoms with van der Waals surface area (Å²) in [4.78, 5) is 21.1. The van der Waals surface area contributed by atoms with Crippen LogP contribution < -0.4 is 0 Å². The zero-order valence-corrected chi connectivity index (χ0v) is 17.7. The van der Waals surface area contributed by atoms with Gasteiger partial charge in [0.25, 0.3) is 0 Å². The van der Waals surface area contributed by atoms with Crippen LogP contribution in [0, 0.1) is 12.7 Å². The lowest BCUT2D eigenvalue weighted by Crippen LogP contribution is -2.53. The summed E-state index contributed by atoms with van der Waals surface area (Å²) >= 11 is 0. The summed E-state index contributed by atoms with van der Waals surface area (Å²) in [5, 5.41) is 0. The number of rotatable bonds is 5. The number of benzene rings is 1. The van der Waals surface area contributed by atoms with Gasteiger partial charge in [0.15, 0.2) is 0 Å². The predicted octanol–water partition coefficient (Wildman–Crippen LogP) is 1.64. The van der Waals surface area contributed by atoms with E-state index in [0.717, 1.165) is 12.1 Å². The van der Waals surface area contributed by atoms with E-state index in [1.165, 1.54) is 22.5 Å². The van der Waals surface area contributed by atoms with Crippen molar-refractivity contribution in [1.29, 1.82) is 0 Å². The summed E-state index contributed by atoms with van der Waals surface area (Å²) in [5.41, 5.74) is 1.16. The molecule has 0 radical (unpaired) electrons. The van der Waals surface area contributed by atoms with Crippen molar-refractivity contribution in [2.24, 2.45) is 0 Å². The first-order valence-electron chi connectivity index (χ1n) is 10.1. The maximum atomic E-state index is 13.5. The fourth-order valence-electron chi connectivity index (χ4n) is 4.09. The van der Waals surface area contributed by atoms with Crippen molar-refractivity contribution in [3.8, 4) is 0 Å². The topological polar surface area (TPSA) is 73.8 Å². The van der Waals surface area contributed by atoms with Crippen LogP contribution in [0.1, 0.15) is 17.7 Å². The Hall–Kier alpha value is -2.36. The zero-order chi connectivity index (χ0) is 21.3. The molecule has 9 heteroatoms. The molecule has 3 heterocycles. The SMILES string of the molecule is Cc1cc(S(=O)(=O)N2CCN(C3CCN(Cc4ccccn4)C3=O)CC2)ccc1F. The average molecular weight is 433 g/mol. The number of sulfonamides is 1. The van der Waals surface area contributed by atoms with Gasteiger partial charge >= 0.3 is 0 Å². The highest BCUT2D eigenvalue weighted by molar-refractivity contribution is 7.89. The molecule has 30 heavy (non-hydrogen) atoms. The smallest absolute Gasteiger partial charge is 0.243 e. The van der Waals surface area contributed by atoms with Gasteiger partial charge in [-0.05, 0) is 49.2 Å². The predicted molar refractivity (Wildman–Crippen MR) is 110 cm³/mol. The molecule has 0 N–H and O–H groups in total. The molecule has 2 saturated heterocycles. The highest BCUT2D eigenvalue weighted by Gasteiger charge is 2.39. The minimum Gasteiger partial charge on any atom is -0.335 e. The van der Waals surface area contributed by atoms with Gasteiger partial charge in [0, 0.05) is 38.9 Å². The highest BCUT2D eigenvalue weighted by Crippen LogP contribution is 2.24. The van der Waals surface area contributed by atoms with Crippen molar-refractivity contribution in [1.82, 2.24) is 19.1 Å². The first-order valence-corrected chi connectivity index (χ1v) is 11.5. The molecule has 2 fully saturated rings. The second-order valence-electron chi connectivity index (χ2n) is 7.74. The van der Waals surface area contributed by atoms with Crippen LogP contribution in [-0.2, 0) is 21.4 Å². The number of nitrogens with zero attached hydrogens (tertiary/aromatic N) is 4. The summed E-state index contributed by atoms with van der Waals surface area (Å²) in [6, 6.07) is 9.30. The number of hydrogen-bond acceptors (Lipinski definition) is 5. The quantitative estimate of drug-likeness (QED) is 0.718. The third-order valence-electron chi connectivity index (χ3n) is 5.83. The number of piperazine rings is 1. The first-order chi connectivity index (χ1) is 14.4. The summed E-state index contributed by atoms with van der Waals surface area (Å²) in [5.74, 6) is -0.347. The Balaban J connectivity index is 1.37. The highest BCUT2D eigenvalue weighted by atomic mass is 32.2. The number of pyridine rings is 1. The number of carbonyl (C=O) groups excluding carboxylic acids is 1. The van der Waals surface area contributed by atoms with Crippen LogP contribution in [0.5, 0.6) is 0 Å². The average Bonchev–Trinajstić information content (AvgIpc) is 3.11. The molecule has 2 aromatic rings. The Morgan fingerprint density at radius 3 is 2.53 bits per heavy atom. The van der Waals surface area contributed by atoms with E-state index in [0.29, 0.717) is 44.8 Å². The van der Waals surface area contributed by atoms with Crippen molar-refractivity contribution in [3.63, 3.8) is 0 Å². The number of amides is 1. The van der Waals surface area contributed by atoms with Crippen molar-refractivity contribution >= 4 is 15.9 Å². The Bertz CT molecular complexity index is 1020. The van der Waals surface area contributed by atoms with E-state index in [1.54, 1.807) is 13.1 Å². The van der Waals surface area contributed by atoms with Crippen molar-refractivity contribution < 1.29 is 17.6 Å². The summed E-state index contributed by atoms with van der Waals surface area (Å²) in [7, 11) is -3.68. The fraction of sp³-hybridized carbons (Fsp3) is 0.429. The van der Waals surface area contributed by atoms with E-state index < -0.39 is 15.8 Å². The summed E-state index contributed by atoms with van der Waals surface area (Å²) in [6.07, 6.45) is 2.45. The largest absolute Gasteiger partial charge is 0.335 e. The maximum Gasteiger partial charge on any atom is 0.243 e. The van der Waals surface area contributed by atoms with E-state index in [2.05, 4.69) is 9.88 Å². The molecule has 2 aliphatic rings. The molecular weight excluding hydrogens is 407 g/mol. The second-order valence-corrected chi connectivity index (χ2v) is 9.67. The molecule has 2 aliphatic heterocycles. The second kappa shape index (κ2) is 8.41. The van der Waals surface area contributed by atoms with Crippen LogP contribution in [0.3, 0.4) is 0 Å². The Kier molecular flexibility index (Phi) is 5.86. The molecule has 4 rings (SSSR count). The van der Waals surface area contributed by atoms with Gasteiger partial charge < -0.3 is 4.90 Å². The first kappa shape index (κ1) is 20.9. The van der Waals surface area contributed by atoms with E-state index in [1.807, 2.05) is 23.1 Å². The molecule has 1 amide bonds. The number of carbonyl (C=O) groups is 1. The lowest BCUT2D eigenvalue weighted by molar-refractivity contribution is -0.133. The van der Waals surface area contributed by atoms with Gasteiger partial charge in [0.1, 0.15) is 5.82 Å². The number of likely N-dealkylation sites (tertiary alicyclic amines) is 1. The summed E-state index contributed by atoms with van der Waals surface area (Å²) < 4.78 is 40.7. The van der Waals surface area contributed by atoms with Gasteiger partial charge in [-0.2, -0.15) is 4.31 Å². The van der Waals surface area contributed by atoms with Crippen LogP contribution in [0.15, 0.2) is 47.5 Å². The van der Waals surface area contributed by atoms with Gasteiger partial charge in [-0.3, -0.25) is 14.7 Å². The van der Waals surface area contributed by atoms with Crippen LogP contribution in [0.4, 0.5) is 4.39 Å². The normalized spacial score (nSPS) is 21.3. The van der Waals surface area contributed by atoms with Crippen molar-refractivity contribution in [2.45, 2.75) is 30.8 Å². The third kappa shape index (κ3) is 4.10. The van der Waals surface area contributed by atoms with E-state index in [-0.39, 0.29) is 16.8 Å². The van der Waals surface area contributed by atoms with Crippen molar-refractivity contribution in [3.05, 3.63) is 59.7 Å². The Morgan fingerprint density at radius 2 is 1.87 bits per heavy atom. The molecule has 1 atom stereocenters. The van der Waals surface area contributed by atoms with Crippen LogP contribution >= 0.6 is 0 Å². The lowest BCUT2D eigenvalue weighted by Gasteiger charge is -2.36. The van der Waals surface area contributed by atoms with Crippen LogP contribution in [-0.4, -0.2) is 72.2 Å². The number of aryl methyl sites for hydroxylation is 1. The van der Waals surface area contributed by atoms with Gasteiger partial charge in [0.2, 0.25) is 15.9 Å². The van der Waals surface area contributed by atoms with E-state index in [9.17, 15) is 17.6 Å². The molecule has 0 spiro atoms. The lowest BCUT2D eigenvalue weighted by atomic mass is 10.2. The minimum atomic E-state index is -3.68. The molecule has 1 aromatic carbocycles. The minimum absolute atomic E-state index is 0.0751. The molecule has 0 bridgehead atoms. The van der Waals surface area contributed by atoms with Crippen LogP contribution in [0.2, 0.25) is 0 Å². The molecule has 0 aliphatic carbocycles. The molecule has 1 aromatic heterocycles. The molecule has 160 valence electrons. The molecule has 1 unspecified atom stereocenters. The standard InChI is InChI=1S/C21H25FN4O3S/c1-16-14-18(5-6-19(16)22)30(28,29)26-12-10-24(11-13-26)20-7-9-25(21(20)27)15-17-4-2-3-8-23-17/h2-6,8,14,20H,7,9-13,15H2,1H3. The monoisotopic (exact) mass is 432 g/mol. The van der Waals surface area contributed by atoms with E-state index >= 15 is 0 Å². The third-order valence-corrected chi connectivity index (χ3v) is 7.72. The van der Waals surface area contributed by atoms with Crippen LogP contribution in [0.25, 0.3) is 0 Å².